The van der Waals surface area contributed by atoms with Crippen molar-refractivity contribution in [3.05, 3.63) is 41.8 Å². The van der Waals surface area contributed by atoms with Crippen LogP contribution in [0.3, 0.4) is 0 Å². The zero-order valence-corrected chi connectivity index (χ0v) is 6.19. The molecule has 0 unspecified atom stereocenters. The third-order valence-electron chi connectivity index (χ3n) is 1.31. The SMILES string of the molecule is N#Cc1cccc([CH]C(=O)O)c1. The number of hydrogen-bond donors (Lipinski definition) is 1. The molecule has 0 spiro atoms. The Labute approximate surface area is 69.9 Å². The van der Waals surface area contributed by atoms with E-state index in [4.69, 9.17) is 10.4 Å². The maximum Gasteiger partial charge on any atom is 0.312 e. The zero-order chi connectivity index (χ0) is 8.97. The Balaban J connectivity index is 2.88. The van der Waals surface area contributed by atoms with Gasteiger partial charge in [-0.25, -0.2) is 0 Å². The van der Waals surface area contributed by atoms with Crippen LogP contribution in [0.5, 0.6) is 0 Å². The highest BCUT2D eigenvalue weighted by Gasteiger charge is 2.00. The molecular weight excluding hydrogens is 154 g/mol. The molecule has 0 bridgehead atoms. The fourth-order valence-corrected chi connectivity index (χ4v) is 0.841. The summed E-state index contributed by atoms with van der Waals surface area (Å²) in [6, 6.07) is 8.35. The molecular formula is C9H6NO2. The lowest BCUT2D eigenvalue weighted by atomic mass is 10.1. The first-order valence-electron chi connectivity index (χ1n) is 3.30. The number of nitriles is 1. The Morgan fingerprint density at radius 1 is 1.58 bits per heavy atom. The van der Waals surface area contributed by atoms with Gasteiger partial charge in [-0.05, 0) is 17.7 Å². The van der Waals surface area contributed by atoms with Crippen LogP contribution in [0.15, 0.2) is 24.3 Å². The molecule has 0 aliphatic heterocycles. The summed E-state index contributed by atoms with van der Waals surface area (Å²) in [5, 5.41) is 16.9. The van der Waals surface area contributed by atoms with Gasteiger partial charge in [0.15, 0.2) is 0 Å². The van der Waals surface area contributed by atoms with Gasteiger partial charge in [0.2, 0.25) is 0 Å². The second kappa shape index (κ2) is 3.54. The van der Waals surface area contributed by atoms with Crippen LogP contribution in [0.25, 0.3) is 0 Å². The lowest BCUT2D eigenvalue weighted by Crippen LogP contribution is -1.96. The van der Waals surface area contributed by atoms with E-state index in [-0.39, 0.29) is 0 Å². The van der Waals surface area contributed by atoms with Crippen molar-refractivity contribution in [1.29, 1.82) is 5.26 Å². The molecule has 1 aromatic rings. The fraction of sp³-hybridized carbons (Fsp3) is 0. The summed E-state index contributed by atoms with van der Waals surface area (Å²) in [5.74, 6) is -1.01. The standard InChI is InChI=1S/C9H6NO2/c10-6-8-3-1-2-7(4-8)5-9(11)12/h1-5H,(H,11,12). The Bertz CT molecular complexity index is 339. The van der Waals surface area contributed by atoms with Crippen molar-refractivity contribution in [3.63, 3.8) is 0 Å². The number of carboxylic acids is 1. The maximum absolute atomic E-state index is 10.2. The zero-order valence-electron chi connectivity index (χ0n) is 6.19. The molecule has 0 amide bonds. The van der Waals surface area contributed by atoms with Gasteiger partial charge >= 0.3 is 5.97 Å². The summed E-state index contributed by atoms with van der Waals surface area (Å²) in [6.45, 7) is 0. The maximum atomic E-state index is 10.2. The fourth-order valence-electron chi connectivity index (χ4n) is 0.841. The third kappa shape index (κ3) is 2.10. The molecule has 59 valence electrons. The van der Waals surface area contributed by atoms with Crippen LogP contribution in [0, 0.1) is 17.8 Å². The van der Waals surface area contributed by atoms with Gasteiger partial charge in [-0.2, -0.15) is 5.26 Å². The van der Waals surface area contributed by atoms with Gasteiger partial charge in [0.1, 0.15) is 0 Å². The first-order chi connectivity index (χ1) is 5.72. The average molecular weight is 160 g/mol. The van der Waals surface area contributed by atoms with Crippen LogP contribution in [0.1, 0.15) is 11.1 Å². The molecule has 0 saturated carbocycles. The van der Waals surface area contributed by atoms with Gasteiger partial charge in [-0.1, -0.05) is 12.1 Å². The van der Waals surface area contributed by atoms with Gasteiger partial charge < -0.3 is 5.11 Å². The number of nitrogens with zero attached hydrogens (tertiary/aromatic N) is 1. The number of rotatable bonds is 2. The van der Waals surface area contributed by atoms with E-state index in [1.807, 2.05) is 6.07 Å². The van der Waals surface area contributed by atoms with Crippen molar-refractivity contribution in [2.45, 2.75) is 0 Å². The van der Waals surface area contributed by atoms with Gasteiger partial charge in [0, 0.05) is 0 Å². The normalized spacial score (nSPS) is 8.92. The molecule has 1 aromatic carbocycles. The quantitative estimate of drug-likeness (QED) is 0.706. The second-order valence-electron chi connectivity index (χ2n) is 2.22. The van der Waals surface area contributed by atoms with E-state index >= 15 is 0 Å². The predicted molar refractivity (Wildman–Crippen MR) is 42.2 cm³/mol. The van der Waals surface area contributed by atoms with Crippen molar-refractivity contribution >= 4 is 5.97 Å². The lowest BCUT2D eigenvalue weighted by Gasteiger charge is -1.94. The van der Waals surface area contributed by atoms with E-state index in [0.717, 1.165) is 6.42 Å². The van der Waals surface area contributed by atoms with Crippen LogP contribution in [0.2, 0.25) is 0 Å². The van der Waals surface area contributed by atoms with E-state index in [1.165, 1.54) is 6.07 Å². The van der Waals surface area contributed by atoms with Crippen LogP contribution in [-0.2, 0) is 4.79 Å². The average Bonchev–Trinajstić information content (AvgIpc) is 2.03. The molecule has 1 N–H and O–H groups in total. The second-order valence-corrected chi connectivity index (χ2v) is 2.22. The summed E-state index contributed by atoms with van der Waals surface area (Å²) >= 11 is 0. The van der Waals surface area contributed by atoms with E-state index in [0.29, 0.717) is 11.1 Å². The number of hydrogen-bond acceptors (Lipinski definition) is 2. The van der Waals surface area contributed by atoms with Gasteiger partial charge in [-0.3, -0.25) is 4.79 Å². The summed E-state index contributed by atoms with van der Waals surface area (Å²) in [5.41, 5.74) is 0.992. The molecule has 0 heterocycles. The highest BCUT2D eigenvalue weighted by molar-refractivity contribution is 5.81. The molecule has 0 fully saturated rings. The molecule has 0 aliphatic rings. The van der Waals surface area contributed by atoms with Gasteiger partial charge in [0.25, 0.3) is 0 Å². The highest BCUT2D eigenvalue weighted by Crippen LogP contribution is 2.05. The lowest BCUT2D eigenvalue weighted by molar-refractivity contribution is -0.132. The number of benzene rings is 1. The Morgan fingerprint density at radius 2 is 2.33 bits per heavy atom. The third-order valence-corrected chi connectivity index (χ3v) is 1.31. The van der Waals surface area contributed by atoms with E-state index in [1.54, 1.807) is 18.2 Å². The smallest absolute Gasteiger partial charge is 0.312 e. The van der Waals surface area contributed by atoms with E-state index in [2.05, 4.69) is 0 Å². The predicted octanol–water partition coefficient (Wildman–Crippen LogP) is 1.20. The molecule has 1 radical (unpaired) electrons. The van der Waals surface area contributed by atoms with Crippen LogP contribution in [0.4, 0.5) is 0 Å². The first-order valence-corrected chi connectivity index (χ1v) is 3.30. The molecule has 3 nitrogen and oxygen atoms in total. The summed E-state index contributed by atoms with van der Waals surface area (Å²) in [6.07, 6.45) is 1.06. The minimum absolute atomic E-state index is 0.463. The topological polar surface area (TPSA) is 61.1 Å². The van der Waals surface area contributed by atoms with E-state index in [9.17, 15) is 4.79 Å². The molecule has 0 aromatic heterocycles. The molecule has 0 saturated heterocycles. The minimum Gasteiger partial charge on any atom is -0.481 e. The van der Waals surface area contributed by atoms with Crippen molar-refractivity contribution in [2.75, 3.05) is 0 Å². The Kier molecular flexibility index (Phi) is 2.44. The van der Waals surface area contributed by atoms with Gasteiger partial charge in [-0.15, -0.1) is 0 Å². The van der Waals surface area contributed by atoms with Crippen molar-refractivity contribution in [1.82, 2.24) is 0 Å². The van der Waals surface area contributed by atoms with Gasteiger partial charge in [0.05, 0.1) is 18.1 Å². The summed E-state index contributed by atoms with van der Waals surface area (Å²) < 4.78 is 0. The minimum atomic E-state index is -1.01. The first kappa shape index (κ1) is 8.28. The van der Waals surface area contributed by atoms with Crippen LogP contribution < -0.4 is 0 Å². The Hall–Kier alpha value is -1.82. The van der Waals surface area contributed by atoms with Crippen molar-refractivity contribution < 1.29 is 9.90 Å². The highest BCUT2D eigenvalue weighted by atomic mass is 16.4. The molecule has 1 rings (SSSR count). The summed E-state index contributed by atoms with van der Waals surface area (Å²) in [4.78, 5) is 10.2. The number of aliphatic carboxylic acids is 1. The molecule has 3 heteroatoms. The summed E-state index contributed by atoms with van der Waals surface area (Å²) in [7, 11) is 0. The monoisotopic (exact) mass is 160 g/mol. The molecule has 12 heavy (non-hydrogen) atoms. The number of carbonyl (C=O) groups is 1. The number of carboxylic acid groups (broad SMARTS) is 1. The Morgan fingerprint density at radius 3 is 2.92 bits per heavy atom. The van der Waals surface area contributed by atoms with Crippen molar-refractivity contribution in [2.24, 2.45) is 0 Å². The largest absolute Gasteiger partial charge is 0.481 e. The van der Waals surface area contributed by atoms with Crippen molar-refractivity contribution in [3.8, 4) is 6.07 Å². The van der Waals surface area contributed by atoms with E-state index < -0.39 is 5.97 Å². The molecule has 0 aliphatic carbocycles. The van der Waals surface area contributed by atoms with Crippen LogP contribution in [-0.4, -0.2) is 11.1 Å². The molecule has 0 atom stereocenters. The van der Waals surface area contributed by atoms with Crippen LogP contribution >= 0.6 is 0 Å².